The number of ether oxygens (including phenoxy) is 3. The third-order valence-corrected chi connectivity index (χ3v) is 2.97. The van der Waals surface area contributed by atoms with Gasteiger partial charge < -0.3 is 14.2 Å². The van der Waals surface area contributed by atoms with Gasteiger partial charge in [0, 0.05) is 0 Å². The third-order valence-electron chi connectivity index (χ3n) is 2.97. The van der Waals surface area contributed by atoms with E-state index < -0.39 is 5.79 Å². The first-order valence-electron chi connectivity index (χ1n) is 6.81. The van der Waals surface area contributed by atoms with Gasteiger partial charge in [0.2, 0.25) is 5.91 Å². The number of hydrogen-bond donors (Lipinski definition) is 1. The molecular formula is C15H17N3O4. The maximum Gasteiger partial charge on any atom is 0.245 e. The lowest BCUT2D eigenvalue weighted by Crippen LogP contribution is -2.33. The summed E-state index contributed by atoms with van der Waals surface area (Å²) in [5.41, 5.74) is 3.22. The number of nitrogens with zero attached hydrogens (tertiary/aromatic N) is 2. The van der Waals surface area contributed by atoms with Gasteiger partial charge in [0.05, 0.1) is 25.8 Å². The molecule has 7 nitrogen and oxygen atoms in total. The molecule has 2 rings (SSSR count). The number of rotatable bonds is 6. The topological polar surface area (TPSA) is 92.9 Å². The van der Waals surface area contributed by atoms with Crippen molar-refractivity contribution in [1.29, 1.82) is 5.26 Å². The van der Waals surface area contributed by atoms with Gasteiger partial charge in [-0.25, -0.2) is 5.43 Å². The minimum atomic E-state index is -0.862. The molecule has 1 fully saturated rings. The summed E-state index contributed by atoms with van der Waals surface area (Å²) in [5, 5.41) is 12.3. The molecule has 1 aromatic carbocycles. The molecule has 1 saturated heterocycles. The Bertz CT molecular complexity index is 571. The average Bonchev–Trinajstić information content (AvgIpc) is 2.92. The molecular weight excluding hydrogens is 286 g/mol. The molecule has 0 bridgehead atoms. The Kier molecular flexibility index (Phi) is 5.47. The van der Waals surface area contributed by atoms with E-state index in [2.05, 4.69) is 10.5 Å². The van der Waals surface area contributed by atoms with Crippen LogP contribution in [0.25, 0.3) is 0 Å². The SMILES string of the molecule is CC1(CC(=O)N/N=C\c2ccc(OCC#N)cc2)OCCO1. The van der Waals surface area contributed by atoms with Gasteiger partial charge in [0.25, 0.3) is 0 Å². The number of nitriles is 1. The second-order valence-corrected chi connectivity index (χ2v) is 4.82. The van der Waals surface area contributed by atoms with Crippen LogP contribution in [0.1, 0.15) is 18.9 Å². The van der Waals surface area contributed by atoms with Gasteiger partial charge in [-0.1, -0.05) is 0 Å². The van der Waals surface area contributed by atoms with E-state index in [0.29, 0.717) is 19.0 Å². The molecule has 0 saturated carbocycles. The number of carbonyl (C=O) groups is 1. The fraction of sp³-hybridized carbons (Fsp3) is 0.400. The summed E-state index contributed by atoms with van der Waals surface area (Å²) in [5.74, 6) is -0.542. The zero-order valence-corrected chi connectivity index (χ0v) is 12.2. The molecule has 116 valence electrons. The second-order valence-electron chi connectivity index (χ2n) is 4.82. The summed E-state index contributed by atoms with van der Waals surface area (Å²) in [6.07, 6.45) is 1.61. The molecule has 1 aliphatic rings. The van der Waals surface area contributed by atoms with Crippen LogP contribution < -0.4 is 10.2 Å². The predicted molar refractivity (Wildman–Crippen MR) is 78.2 cm³/mol. The molecule has 22 heavy (non-hydrogen) atoms. The van der Waals surface area contributed by atoms with Crippen molar-refractivity contribution in [3.8, 4) is 11.8 Å². The molecule has 1 N–H and O–H groups in total. The number of hydrazone groups is 1. The van der Waals surface area contributed by atoms with E-state index in [1.54, 1.807) is 31.2 Å². The van der Waals surface area contributed by atoms with Crippen LogP contribution in [0, 0.1) is 11.3 Å². The van der Waals surface area contributed by atoms with Crippen LogP contribution in [-0.2, 0) is 14.3 Å². The second kappa shape index (κ2) is 7.54. The molecule has 0 aromatic heterocycles. The lowest BCUT2D eigenvalue weighted by molar-refractivity contribution is -0.159. The molecule has 1 amide bonds. The van der Waals surface area contributed by atoms with Gasteiger partial charge in [-0.2, -0.15) is 10.4 Å². The highest BCUT2D eigenvalue weighted by atomic mass is 16.7. The molecule has 0 spiro atoms. The third kappa shape index (κ3) is 4.84. The van der Waals surface area contributed by atoms with E-state index in [4.69, 9.17) is 19.5 Å². The number of nitrogens with one attached hydrogen (secondary N) is 1. The Morgan fingerprint density at radius 1 is 1.45 bits per heavy atom. The Morgan fingerprint density at radius 2 is 2.14 bits per heavy atom. The summed E-state index contributed by atoms with van der Waals surface area (Å²) in [4.78, 5) is 11.7. The van der Waals surface area contributed by atoms with Gasteiger partial charge in [0.15, 0.2) is 12.4 Å². The molecule has 0 unspecified atom stereocenters. The molecule has 0 radical (unpaired) electrons. The van der Waals surface area contributed by atoms with E-state index in [1.165, 1.54) is 6.21 Å². The molecule has 1 aromatic rings. The van der Waals surface area contributed by atoms with Crippen molar-refractivity contribution in [2.45, 2.75) is 19.1 Å². The maximum atomic E-state index is 11.7. The zero-order valence-electron chi connectivity index (χ0n) is 12.2. The standard InChI is InChI=1S/C15H17N3O4/c1-15(21-8-9-22-15)10-14(19)18-17-11-12-2-4-13(5-3-12)20-7-6-16/h2-5,11H,7-10H2,1H3,(H,18,19)/b17-11-. The molecule has 0 atom stereocenters. The lowest BCUT2D eigenvalue weighted by atomic mass is 10.2. The summed E-state index contributed by atoms with van der Waals surface area (Å²) in [6, 6.07) is 8.88. The lowest BCUT2D eigenvalue weighted by Gasteiger charge is -2.20. The monoisotopic (exact) mass is 303 g/mol. The quantitative estimate of drug-likeness (QED) is 0.629. The van der Waals surface area contributed by atoms with Crippen molar-refractivity contribution in [2.24, 2.45) is 5.10 Å². The average molecular weight is 303 g/mol. The molecule has 1 heterocycles. The van der Waals surface area contributed by atoms with Crippen molar-refractivity contribution in [2.75, 3.05) is 19.8 Å². The van der Waals surface area contributed by atoms with Crippen molar-refractivity contribution >= 4 is 12.1 Å². The summed E-state index contributed by atoms with van der Waals surface area (Å²) in [6.45, 7) is 2.72. The van der Waals surface area contributed by atoms with Crippen molar-refractivity contribution < 1.29 is 19.0 Å². The number of benzene rings is 1. The Balaban J connectivity index is 1.79. The minimum absolute atomic E-state index is 0.00635. The maximum absolute atomic E-state index is 11.7. The van der Waals surface area contributed by atoms with Gasteiger partial charge in [0.1, 0.15) is 11.8 Å². The van der Waals surface area contributed by atoms with E-state index in [-0.39, 0.29) is 18.9 Å². The van der Waals surface area contributed by atoms with Crippen LogP contribution in [0.4, 0.5) is 0 Å². The molecule has 7 heteroatoms. The zero-order chi connectivity index (χ0) is 15.8. The number of amides is 1. The molecule has 0 aliphatic carbocycles. The highest BCUT2D eigenvalue weighted by Gasteiger charge is 2.33. The summed E-state index contributed by atoms with van der Waals surface area (Å²) < 4.78 is 15.8. The first kappa shape index (κ1) is 15.9. The van der Waals surface area contributed by atoms with E-state index in [9.17, 15) is 4.79 Å². The van der Waals surface area contributed by atoms with E-state index >= 15 is 0 Å². The highest BCUT2D eigenvalue weighted by molar-refractivity contribution is 5.82. The van der Waals surface area contributed by atoms with Crippen LogP contribution in [0.5, 0.6) is 5.75 Å². The van der Waals surface area contributed by atoms with Crippen LogP contribution >= 0.6 is 0 Å². The fourth-order valence-electron chi connectivity index (χ4n) is 1.93. The van der Waals surface area contributed by atoms with Crippen molar-refractivity contribution in [1.82, 2.24) is 5.43 Å². The number of carbonyl (C=O) groups excluding carboxylic acids is 1. The normalized spacial score (nSPS) is 16.4. The Hall–Kier alpha value is -2.43. The van der Waals surface area contributed by atoms with E-state index in [0.717, 1.165) is 5.56 Å². The number of hydrogen-bond acceptors (Lipinski definition) is 6. The van der Waals surface area contributed by atoms with Crippen LogP contribution in [0.3, 0.4) is 0 Å². The largest absolute Gasteiger partial charge is 0.479 e. The highest BCUT2D eigenvalue weighted by Crippen LogP contribution is 2.22. The Morgan fingerprint density at radius 3 is 2.77 bits per heavy atom. The van der Waals surface area contributed by atoms with Gasteiger partial charge >= 0.3 is 0 Å². The smallest absolute Gasteiger partial charge is 0.245 e. The minimum Gasteiger partial charge on any atom is -0.479 e. The van der Waals surface area contributed by atoms with Crippen LogP contribution in [-0.4, -0.2) is 37.7 Å². The van der Waals surface area contributed by atoms with Crippen LogP contribution in [0.15, 0.2) is 29.4 Å². The summed E-state index contributed by atoms with van der Waals surface area (Å²) >= 11 is 0. The molecule has 1 aliphatic heterocycles. The van der Waals surface area contributed by atoms with Gasteiger partial charge in [-0.05, 0) is 36.8 Å². The van der Waals surface area contributed by atoms with Gasteiger partial charge in [-0.3, -0.25) is 4.79 Å². The van der Waals surface area contributed by atoms with E-state index in [1.807, 2.05) is 6.07 Å². The fourth-order valence-corrected chi connectivity index (χ4v) is 1.93. The first-order chi connectivity index (χ1) is 10.6. The predicted octanol–water partition coefficient (Wildman–Crippen LogP) is 1.19. The Labute approximate surface area is 128 Å². The van der Waals surface area contributed by atoms with Crippen LogP contribution in [0.2, 0.25) is 0 Å². The van der Waals surface area contributed by atoms with Gasteiger partial charge in [-0.15, -0.1) is 0 Å². The van der Waals surface area contributed by atoms with Crippen molar-refractivity contribution in [3.05, 3.63) is 29.8 Å². The first-order valence-corrected chi connectivity index (χ1v) is 6.81. The summed E-state index contributed by atoms with van der Waals surface area (Å²) in [7, 11) is 0. The van der Waals surface area contributed by atoms with Crippen molar-refractivity contribution in [3.63, 3.8) is 0 Å².